The van der Waals surface area contributed by atoms with E-state index in [9.17, 15) is 23.2 Å². The molecule has 7 nitrogen and oxygen atoms in total. The molecule has 0 saturated heterocycles. The van der Waals surface area contributed by atoms with Crippen LogP contribution in [0.5, 0.6) is 0 Å². The van der Waals surface area contributed by atoms with Crippen molar-refractivity contribution in [2.75, 3.05) is 4.90 Å². The molecule has 1 N–H and O–H groups in total. The van der Waals surface area contributed by atoms with E-state index < -0.39 is 18.0 Å². The number of fused-ring (bicyclic) bond motifs is 1. The van der Waals surface area contributed by atoms with Gasteiger partial charge in [0.15, 0.2) is 11.2 Å². The fraction of sp³-hybridized carbons (Fsp3) is 0.393. The van der Waals surface area contributed by atoms with E-state index in [1.54, 1.807) is 23.2 Å². The Balaban J connectivity index is 1.40. The van der Waals surface area contributed by atoms with Gasteiger partial charge < -0.3 is 9.32 Å². The average Bonchev–Trinajstić information content (AvgIpc) is 3.53. The number of amides is 1. The lowest BCUT2D eigenvalue weighted by molar-refractivity contribution is -0.252. The highest BCUT2D eigenvalue weighted by Gasteiger charge is 2.43. The number of aromatic nitrogens is 2. The number of anilines is 1. The highest BCUT2D eigenvalue weighted by atomic mass is 32.1. The number of benzene rings is 1. The lowest BCUT2D eigenvalue weighted by atomic mass is 9.81. The number of carbonyl (C=O) groups excluding carboxylic acids is 1. The van der Waals surface area contributed by atoms with Gasteiger partial charge in [-0.2, -0.15) is 18.2 Å². The van der Waals surface area contributed by atoms with Gasteiger partial charge in [-0.15, -0.1) is 11.3 Å². The molecule has 0 unspecified atom stereocenters. The van der Waals surface area contributed by atoms with E-state index in [4.69, 9.17) is 4.42 Å². The molecule has 3 aromatic heterocycles. The van der Waals surface area contributed by atoms with E-state index in [0.29, 0.717) is 27.7 Å². The predicted molar refractivity (Wildman–Crippen MR) is 142 cm³/mol. The summed E-state index contributed by atoms with van der Waals surface area (Å²) in [6.45, 7) is 3.61. The first-order chi connectivity index (χ1) is 18.7. The number of pyridine rings is 1. The lowest BCUT2D eigenvalue weighted by Gasteiger charge is -2.34. The van der Waals surface area contributed by atoms with Crippen LogP contribution in [0, 0.1) is 11.8 Å². The normalized spacial score (nSPS) is 18.1. The molecule has 1 aliphatic rings. The van der Waals surface area contributed by atoms with E-state index in [0.717, 1.165) is 16.0 Å². The van der Waals surface area contributed by atoms with Crippen LogP contribution in [-0.4, -0.2) is 33.4 Å². The molecular weight excluding hydrogens is 531 g/mol. The molecule has 0 spiro atoms. The predicted octanol–water partition coefficient (Wildman–Crippen LogP) is 7.72. The van der Waals surface area contributed by atoms with Gasteiger partial charge in [0.05, 0.1) is 16.5 Å². The fourth-order valence-corrected chi connectivity index (χ4v) is 6.18. The van der Waals surface area contributed by atoms with E-state index >= 15 is 0 Å². The van der Waals surface area contributed by atoms with Gasteiger partial charge in [0.2, 0.25) is 11.8 Å². The molecule has 206 valence electrons. The third-order valence-corrected chi connectivity index (χ3v) is 8.26. The summed E-state index contributed by atoms with van der Waals surface area (Å²) in [5.41, 5.74) is 3.37. The highest BCUT2D eigenvalue weighted by molar-refractivity contribution is 7.16. The minimum Gasteiger partial charge on any atom is -0.434 e. The summed E-state index contributed by atoms with van der Waals surface area (Å²) in [6.07, 6.45) is -2.28. The number of hydrogen-bond donors (Lipinski definition) is 1. The van der Waals surface area contributed by atoms with E-state index in [1.807, 2.05) is 44.2 Å². The molecule has 0 bridgehead atoms. The highest BCUT2D eigenvalue weighted by Crippen LogP contribution is 2.43. The molecule has 39 heavy (non-hydrogen) atoms. The number of rotatable bonds is 7. The van der Waals surface area contributed by atoms with Crippen molar-refractivity contribution in [3.05, 3.63) is 53.5 Å². The Morgan fingerprint density at radius 3 is 2.46 bits per heavy atom. The zero-order valence-electron chi connectivity index (χ0n) is 21.4. The van der Waals surface area contributed by atoms with Crippen LogP contribution in [0.15, 0.2) is 53.1 Å². The van der Waals surface area contributed by atoms with Crippen molar-refractivity contribution >= 4 is 34.2 Å². The third-order valence-electron chi connectivity index (χ3n) is 7.12. The van der Waals surface area contributed by atoms with Crippen LogP contribution in [0.1, 0.15) is 44.4 Å². The maximum absolute atomic E-state index is 13.6. The first-order valence-electron chi connectivity index (χ1n) is 12.8. The van der Waals surface area contributed by atoms with Gasteiger partial charge in [-0.3, -0.25) is 10.1 Å². The van der Waals surface area contributed by atoms with Crippen molar-refractivity contribution in [2.45, 2.75) is 58.4 Å². The molecule has 3 heterocycles. The lowest BCUT2D eigenvalue weighted by Crippen LogP contribution is -2.43. The summed E-state index contributed by atoms with van der Waals surface area (Å²) >= 11 is 1.38. The third kappa shape index (κ3) is 5.70. The van der Waals surface area contributed by atoms with Crippen molar-refractivity contribution in [3.63, 3.8) is 0 Å². The monoisotopic (exact) mass is 559 g/mol. The zero-order valence-corrected chi connectivity index (χ0v) is 22.3. The Bertz CT molecular complexity index is 1410. The summed E-state index contributed by atoms with van der Waals surface area (Å²) in [7, 11) is 0. The molecule has 1 amide bonds. The van der Waals surface area contributed by atoms with Crippen LogP contribution in [0.4, 0.5) is 18.9 Å². The summed E-state index contributed by atoms with van der Waals surface area (Å²) in [5, 5.41) is 9.23. The molecule has 0 atom stereocenters. The van der Waals surface area contributed by atoms with Gasteiger partial charge in [-0.25, -0.2) is 9.87 Å². The van der Waals surface area contributed by atoms with Gasteiger partial charge in [0.1, 0.15) is 6.61 Å². The van der Waals surface area contributed by atoms with Crippen molar-refractivity contribution in [2.24, 2.45) is 11.8 Å². The zero-order chi connectivity index (χ0) is 27.7. The second kappa shape index (κ2) is 11.1. The average molecular weight is 560 g/mol. The number of carbonyl (C=O) groups is 1. The molecule has 4 aromatic rings. The van der Waals surface area contributed by atoms with Gasteiger partial charge in [0.25, 0.3) is 0 Å². The Hall–Kier alpha value is -3.28. The van der Waals surface area contributed by atoms with Crippen LogP contribution in [0.2, 0.25) is 0 Å². The minimum atomic E-state index is -4.23. The number of hydrogen-bond acceptors (Lipinski definition) is 7. The molecule has 0 aliphatic heterocycles. The van der Waals surface area contributed by atoms with Crippen LogP contribution >= 0.6 is 11.3 Å². The van der Waals surface area contributed by atoms with E-state index in [1.165, 1.54) is 11.3 Å². The molecule has 1 fully saturated rings. The first-order valence-corrected chi connectivity index (χ1v) is 13.6. The quantitative estimate of drug-likeness (QED) is 0.184. The van der Waals surface area contributed by atoms with E-state index in [2.05, 4.69) is 14.9 Å². The molecular formula is C28H28F3N3O4S. The second-order valence-corrected chi connectivity index (χ2v) is 11.1. The van der Waals surface area contributed by atoms with Crippen LogP contribution in [0.25, 0.3) is 33.1 Å². The smallest absolute Gasteiger partial charge is 0.391 e. The van der Waals surface area contributed by atoms with Gasteiger partial charge in [-0.05, 0) is 75.4 Å². The maximum Gasteiger partial charge on any atom is 0.391 e. The number of halogens is 3. The van der Waals surface area contributed by atoms with Gasteiger partial charge in [0, 0.05) is 28.6 Å². The van der Waals surface area contributed by atoms with Crippen LogP contribution in [0.3, 0.4) is 0 Å². The van der Waals surface area contributed by atoms with Crippen molar-refractivity contribution in [1.29, 1.82) is 0 Å². The molecule has 1 saturated carbocycles. The molecule has 1 aliphatic carbocycles. The molecule has 1 aromatic carbocycles. The van der Waals surface area contributed by atoms with Crippen molar-refractivity contribution in [1.82, 2.24) is 9.97 Å². The standard InChI is InChI=1S/C28H28F3N3O4S/c1-16(2)34(27(35)19-9-11-20(12-10-19)28(29,30)31)21-14-23(39-24(21)15-37-36)17-5-7-18(8-6-17)26-33-25-22(38-26)4-3-13-32-25/h3-8,13-14,16,19-20,36H,9-12,15H2,1-2H3. The number of alkyl halides is 3. The van der Waals surface area contributed by atoms with E-state index in [-0.39, 0.29) is 44.2 Å². The fourth-order valence-electron chi connectivity index (χ4n) is 5.11. The number of nitrogens with zero attached hydrogens (tertiary/aromatic N) is 3. The molecule has 11 heteroatoms. The number of thiophene rings is 1. The van der Waals surface area contributed by atoms with Crippen LogP contribution in [-0.2, 0) is 16.3 Å². The Morgan fingerprint density at radius 2 is 1.85 bits per heavy atom. The molecule has 5 rings (SSSR count). The molecule has 0 radical (unpaired) electrons. The van der Waals surface area contributed by atoms with Gasteiger partial charge in [-0.1, -0.05) is 12.1 Å². The summed E-state index contributed by atoms with van der Waals surface area (Å²) < 4.78 is 45.3. The van der Waals surface area contributed by atoms with Crippen molar-refractivity contribution in [3.8, 4) is 21.9 Å². The second-order valence-electron chi connectivity index (χ2n) is 10.0. The topological polar surface area (TPSA) is 88.7 Å². The number of oxazole rings is 1. The van der Waals surface area contributed by atoms with Gasteiger partial charge >= 0.3 is 6.18 Å². The Labute approximate surface area is 227 Å². The largest absolute Gasteiger partial charge is 0.434 e. The Morgan fingerprint density at radius 1 is 1.15 bits per heavy atom. The van der Waals surface area contributed by atoms with Crippen molar-refractivity contribution < 1.29 is 32.5 Å². The maximum atomic E-state index is 13.6. The Kier molecular flexibility index (Phi) is 7.75. The summed E-state index contributed by atoms with van der Waals surface area (Å²) in [6, 6.07) is 12.8. The summed E-state index contributed by atoms with van der Waals surface area (Å²) in [4.78, 5) is 29.8. The summed E-state index contributed by atoms with van der Waals surface area (Å²) in [5.74, 6) is -1.58. The minimum absolute atomic E-state index is 0.0458. The van der Waals surface area contributed by atoms with Crippen LogP contribution < -0.4 is 4.90 Å². The SMILES string of the molecule is CC(C)N(C(=O)C1CCC(C(F)(F)F)CC1)c1cc(-c2ccc(-c3nc4ncccc4o3)cc2)sc1COO. The first kappa shape index (κ1) is 27.3.